The summed E-state index contributed by atoms with van der Waals surface area (Å²) < 4.78 is 5.93. The van der Waals surface area contributed by atoms with Gasteiger partial charge in [-0.05, 0) is 39.9 Å². The van der Waals surface area contributed by atoms with E-state index in [1.165, 1.54) is 0 Å². The molecule has 0 N–H and O–H groups in total. The second-order valence-corrected chi connectivity index (χ2v) is 5.80. The number of nitrogens with zero attached hydrogens (tertiary/aromatic N) is 4. The molecular formula is C14H23ClN4O. The van der Waals surface area contributed by atoms with Gasteiger partial charge in [-0.25, -0.2) is 4.98 Å². The molecule has 112 valence electrons. The Morgan fingerprint density at radius 2 is 2.10 bits per heavy atom. The van der Waals surface area contributed by atoms with Gasteiger partial charge in [0.05, 0.1) is 18.5 Å². The molecule has 6 heteroatoms. The Morgan fingerprint density at radius 3 is 2.75 bits per heavy atom. The molecule has 1 fully saturated rings. The van der Waals surface area contributed by atoms with Crippen LogP contribution in [0.3, 0.4) is 0 Å². The molecule has 1 aromatic rings. The van der Waals surface area contributed by atoms with E-state index < -0.39 is 0 Å². The Labute approximate surface area is 125 Å². The van der Waals surface area contributed by atoms with Crippen LogP contribution in [0.2, 0.25) is 5.15 Å². The van der Waals surface area contributed by atoms with E-state index in [-0.39, 0.29) is 0 Å². The van der Waals surface area contributed by atoms with Gasteiger partial charge in [0.2, 0.25) is 0 Å². The second-order valence-electron chi connectivity index (χ2n) is 5.41. The van der Waals surface area contributed by atoms with Crippen molar-refractivity contribution in [3.8, 4) is 0 Å². The first-order valence-corrected chi connectivity index (χ1v) is 7.52. The van der Waals surface area contributed by atoms with Gasteiger partial charge >= 0.3 is 0 Å². The van der Waals surface area contributed by atoms with Crippen LogP contribution < -0.4 is 4.90 Å². The lowest BCUT2D eigenvalue weighted by atomic mass is 10.1. The zero-order chi connectivity index (χ0) is 14.4. The highest BCUT2D eigenvalue weighted by Crippen LogP contribution is 2.20. The Bertz CT molecular complexity index is 408. The van der Waals surface area contributed by atoms with Gasteiger partial charge in [0.15, 0.2) is 0 Å². The summed E-state index contributed by atoms with van der Waals surface area (Å²) in [6.07, 6.45) is 6.87. The first-order chi connectivity index (χ1) is 9.65. The van der Waals surface area contributed by atoms with Gasteiger partial charge in [-0.2, -0.15) is 0 Å². The fourth-order valence-corrected chi connectivity index (χ4v) is 2.51. The fourth-order valence-electron chi connectivity index (χ4n) is 2.37. The van der Waals surface area contributed by atoms with Crippen LogP contribution in [0.4, 0.5) is 5.82 Å². The first-order valence-electron chi connectivity index (χ1n) is 7.14. The fraction of sp³-hybridized carbons (Fsp3) is 0.714. The van der Waals surface area contributed by atoms with E-state index in [4.69, 9.17) is 16.3 Å². The maximum Gasteiger partial charge on any atom is 0.149 e. The van der Waals surface area contributed by atoms with Gasteiger partial charge in [0.25, 0.3) is 0 Å². The van der Waals surface area contributed by atoms with Crippen molar-refractivity contribution < 1.29 is 4.74 Å². The molecule has 0 spiro atoms. The predicted octanol–water partition coefficient (Wildman–Crippen LogP) is 2.07. The summed E-state index contributed by atoms with van der Waals surface area (Å²) in [5.41, 5.74) is 0. The van der Waals surface area contributed by atoms with Crippen molar-refractivity contribution in [3.05, 3.63) is 17.5 Å². The third-order valence-electron chi connectivity index (χ3n) is 3.46. The maximum absolute atomic E-state index is 5.93. The van der Waals surface area contributed by atoms with E-state index in [0.29, 0.717) is 11.3 Å². The van der Waals surface area contributed by atoms with Crippen LogP contribution >= 0.6 is 11.6 Å². The molecule has 0 saturated carbocycles. The number of aromatic nitrogens is 2. The zero-order valence-corrected chi connectivity index (χ0v) is 13.0. The second kappa shape index (κ2) is 7.76. The van der Waals surface area contributed by atoms with Gasteiger partial charge in [0.1, 0.15) is 11.0 Å². The van der Waals surface area contributed by atoms with E-state index in [2.05, 4.69) is 33.9 Å². The highest BCUT2D eigenvalue weighted by Gasteiger charge is 2.20. The average Bonchev–Trinajstić information content (AvgIpc) is 2.44. The third kappa shape index (κ3) is 4.89. The third-order valence-corrected chi connectivity index (χ3v) is 3.64. The molecule has 5 nitrogen and oxygen atoms in total. The lowest BCUT2D eigenvalue weighted by Crippen LogP contribution is -2.37. The summed E-state index contributed by atoms with van der Waals surface area (Å²) in [5, 5.41) is 0.449. The molecule has 1 aliphatic rings. The van der Waals surface area contributed by atoms with E-state index >= 15 is 0 Å². The highest BCUT2D eigenvalue weighted by molar-refractivity contribution is 6.29. The quantitative estimate of drug-likeness (QED) is 0.752. The molecule has 0 atom stereocenters. The van der Waals surface area contributed by atoms with Gasteiger partial charge in [0, 0.05) is 19.7 Å². The molecule has 0 unspecified atom stereocenters. The average molecular weight is 299 g/mol. The molecule has 2 heterocycles. The number of rotatable bonds is 6. The molecular weight excluding hydrogens is 276 g/mol. The van der Waals surface area contributed by atoms with Gasteiger partial charge in [-0.1, -0.05) is 11.6 Å². The molecule has 2 rings (SSSR count). The zero-order valence-electron chi connectivity index (χ0n) is 12.3. The summed E-state index contributed by atoms with van der Waals surface area (Å²) in [6.45, 7) is 3.83. The van der Waals surface area contributed by atoms with Crippen molar-refractivity contribution in [2.45, 2.75) is 25.4 Å². The van der Waals surface area contributed by atoms with Crippen LogP contribution in [-0.4, -0.2) is 61.3 Å². The Kier molecular flexibility index (Phi) is 6.01. The Hall–Kier alpha value is -0.910. The molecule has 0 aliphatic carbocycles. The summed E-state index contributed by atoms with van der Waals surface area (Å²) >= 11 is 5.87. The monoisotopic (exact) mass is 298 g/mol. The highest BCUT2D eigenvalue weighted by atomic mass is 35.5. The van der Waals surface area contributed by atoms with E-state index in [1.54, 1.807) is 12.4 Å². The molecule has 1 aliphatic heterocycles. The van der Waals surface area contributed by atoms with Crippen molar-refractivity contribution in [3.63, 3.8) is 0 Å². The maximum atomic E-state index is 5.93. The van der Waals surface area contributed by atoms with E-state index in [0.717, 1.165) is 51.3 Å². The molecule has 1 saturated heterocycles. The number of piperidine rings is 1. The van der Waals surface area contributed by atoms with Crippen LogP contribution in [0.25, 0.3) is 0 Å². The SMILES string of the molecule is CN(C)CCCOC1CCN(c2cncc(Cl)n2)CC1. The predicted molar refractivity (Wildman–Crippen MR) is 81.4 cm³/mol. The first kappa shape index (κ1) is 15.5. The standard InChI is InChI=1S/C14H23ClN4O/c1-18(2)6-3-9-20-12-4-7-19(8-5-12)14-11-16-10-13(15)17-14/h10-12H,3-9H2,1-2H3. The summed E-state index contributed by atoms with van der Waals surface area (Å²) in [7, 11) is 4.18. The summed E-state index contributed by atoms with van der Waals surface area (Å²) in [6, 6.07) is 0. The largest absolute Gasteiger partial charge is 0.378 e. The minimum absolute atomic E-state index is 0.376. The number of halogens is 1. The number of hydrogen-bond donors (Lipinski definition) is 0. The van der Waals surface area contributed by atoms with Crippen molar-refractivity contribution in [1.29, 1.82) is 0 Å². The van der Waals surface area contributed by atoms with E-state index in [1.807, 2.05) is 0 Å². The summed E-state index contributed by atoms with van der Waals surface area (Å²) in [5.74, 6) is 0.864. The number of hydrogen-bond acceptors (Lipinski definition) is 5. The van der Waals surface area contributed by atoms with Crippen LogP contribution in [0.5, 0.6) is 0 Å². The lowest BCUT2D eigenvalue weighted by molar-refractivity contribution is 0.0332. The normalized spacial score (nSPS) is 16.9. The van der Waals surface area contributed by atoms with Crippen molar-refractivity contribution in [2.24, 2.45) is 0 Å². The van der Waals surface area contributed by atoms with E-state index in [9.17, 15) is 0 Å². The van der Waals surface area contributed by atoms with Gasteiger partial charge < -0.3 is 14.5 Å². The van der Waals surface area contributed by atoms with Gasteiger partial charge in [-0.3, -0.25) is 4.98 Å². The molecule has 0 bridgehead atoms. The minimum Gasteiger partial charge on any atom is -0.378 e. The molecule has 1 aromatic heterocycles. The van der Waals surface area contributed by atoms with Gasteiger partial charge in [-0.15, -0.1) is 0 Å². The molecule has 0 radical (unpaired) electrons. The Balaban J connectivity index is 1.70. The van der Waals surface area contributed by atoms with Crippen LogP contribution in [0, 0.1) is 0 Å². The molecule has 0 aromatic carbocycles. The van der Waals surface area contributed by atoms with Crippen LogP contribution in [0.1, 0.15) is 19.3 Å². The van der Waals surface area contributed by atoms with Crippen LogP contribution in [0.15, 0.2) is 12.4 Å². The number of anilines is 1. The smallest absolute Gasteiger partial charge is 0.149 e. The van der Waals surface area contributed by atoms with Crippen LogP contribution in [-0.2, 0) is 4.74 Å². The topological polar surface area (TPSA) is 41.5 Å². The van der Waals surface area contributed by atoms with Crippen molar-refractivity contribution in [2.75, 3.05) is 45.2 Å². The molecule has 0 amide bonds. The minimum atomic E-state index is 0.376. The Morgan fingerprint density at radius 1 is 1.35 bits per heavy atom. The molecule has 20 heavy (non-hydrogen) atoms. The number of ether oxygens (including phenoxy) is 1. The summed E-state index contributed by atoms with van der Waals surface area (Å²) in [4.78, 5) is 12.8. The lowest BCUT2D eigenvalue weighted by Gasteiger charge is -2.32. The van der Waals surface area contributed by atoms with Crippen molar-refractivity contribution in [1.82, 2.24) is 14.9 Å². The van der Waals surface area contributed by atoms with Crippen molar-refractivity contribution >= 4 is 17.4 Å².